The van der Waals surface area contributed by atoms with Crippen molar-refractivity contribution >= 4 is 5.71 Å². The number of fused-ring (bicyclic) bond motifs is 1. The molecule has 2 aliphatic rings. The van der Waals surface area contributed by atoms with E-state index in [0.717, 1.165) is 18.9 Å². The van der Waals surface area contributed by atoms with Gasteiger partial charge in [0.2, 0.25) is 0 Å². The van der Waals surface area contributed by atoms with Gasteiger partial charge in [-0.2, -0.15) is 0 Å². The molecule has 0 aromatic carbocycles. The zero-order valence-corrected chi connectivity index (χ0v) is 6.21. The van der Waals surface area contributed by atoms with Crippen molar-refractivity contribution in [1.29, 1.82) is 0 Å². The lowest BCUT2D eigenvalue weighted by Crippen LogP contribution is -2.20. The lowest BCUT2D eigenvalue weighted by Gasteiger charge is -2.23. The van der Waals surface area contributed by atoms with Crippen molar-refractivity contribution in [3.63, 3.8) is 0 Å². The van der Waals surface area contributed by atoms with Crippen molar-refractivity contribution in [2.45, 2.75) is 25.7 Å². The van der Waals surface area contributed by atoms with Crippen molar-refractivity contribution in [2.75, 3.05) is 6.54 Å². The van der Waals surface area contributed by atoms with Crippen molar-refractivity contribution in [1.82, 2.24) is 0 Å². The summed E-state index contributed by atoms with van der Waals surface area (Å²) in [6.45, 7) is 1.08. The summed E-state index contributed by atoms with van der Waals surface area (Å²) >= 11 is 0. The van der Waals surface area contributed by atoms with Crippen molar-refractivity contribution in [3.8, 4) is 0 Å². The second-order valence-electron chi connectivity index (χ2n) is 3.12. The van der Waals surface area contributed by atoms with Crippen LogP contribution in [0.4, 0.5) is 0 Å². The highest BCUT2D eigenvalue weighted by atomic mass is 14.8. The van der Waals surface area contributed by atoms with Gasteiger partial charge in [0.25, 0.3) is 0 Å². The van der Waals surface area contributed by atoms with Gasteiger partial charge < -0.3 is 0 Å². The smallest absolute Gasteiger partial charge is 0.0389 e. The summed E-state index contributed by atoms with van der Waals surface area (Å²) in [6, 6.07) is 0. The minimum absolute atomic E-state index is 0.818. The molecule has 54 valence electrons. The first-order chi connectivity index (χ1) is 4.97. The molecular weight excluding hydrogens is 122 g/mol. The fourth-order valence-corrected chi connectivity index (χ4v) is 1.81. The van der Waals surface area contributed by atoms with Crippen LogP contribution in [0, 0.1) is 5.92 Å². The van der Waals surface area contributed by atoms with E-state index < -0.39 is 0 Å². The topological polar surface area (TPSA) is 12.4 Å². The summed E-state index contributed by atoms with van der Waals surface area (Å²) in [5.74, 6) is 0.818. The largest absolute Gasteiger partial charge is 0.294 e. The zero-order chi connectivity index (χ0) is 6.81. The Hall–Kier alpha value is -0.590. The predicted molar refractivity (Wildman–Crippen MR) is 43.4 cm³/mol. The third kappa shape index (κ3) is 1.00. The summed E-state index contributed by atoms with van der Waals surface area (Å²) < 4.78 is 0. The van der Waals surface area contributed by atoms with Crippen LogP contribution in [0.2, 0.25) is 0 Å². The summed E-state index contributed by atoms with van der Waals surface area (Å²) in [5.41, 5.74) is 1.47. The highest BCUT2D eigenvalue weighted by Crippen LogP contribution is 2.24. The first-order valence-electron chi connectivity index (χ1n) is 4.15. The highest BCUT2D eigenvalue weighted by Gasteiger charge is 2.18. The van der Waals surface area contributed by atoms with Gasteiger partial charge in [0.15, 0.2) is 0 Å². The number of rotatable bonds is 0. The molecule has 0 radical (unpaired) electrons. The average Bonchev–Trinajstić information content (AvgIpc) is 2.05. The van der Waals surface area contributed by atoms with Crippen LogP contribution in [0.5, 0.6) is 0 Å². The van der Waals surface area contributed by atoms with Crippen LogP contribution in [0.3, 0.4) is 0 Å². The monoisotopic (exact) mass is 135 g/mol. The molecule has 1 heterocycles. The van der Waals surface area contributed by atoms with Crippen LogP contribution < -0.4 is 0 Å². The third-order valence-electron chi connectivity index (χ3n) is 2.41. The number of aliphatic imine (C=N–C) groups is 1. The Bertz CT molecular complexity index is 179. The second-order valence-corrected chi connectivity index (χ2v) is 3.12. The Labute approximate surface area is 61.9 Å². The van der Waals surface area contributed by atoms with E-state index in [4.69, 9.17) is 0 Å². The Kier molecular flexibility index (Phi) is 1.58. The van der Waals surface area contributed by atoms with Gasteiger partial charge in [0, 0.05) is 24.6 Å². The molecule has 0 fully saturated rings. The van der Waals surface area contributed by atoms with Crippen molar-refractivity contribution in [2.24, 2.45) is 10.9 Å². The molecule has 2 rings (SSSR count). The lowest BCUT2D eigenvalue weighted by molar-refractivity contribution is 0.560. The van der Waals surface area contributed by atoms with Crippen molar-refractivity contribution in [3.05, 3.63) is 12.2 Å². The summed E-state index contributed by atoms with van der Waals surface area (Å²) in [4.78, 5) is 4.52. The van der Waals surface area contributed by atoms with E-state index in [1.54, 1.807) is 0 Å². The first-order valence-corrected chi connectivity index (χ1v) is 4.15. The van der Waals surface area contributed by atoms with E-state index in [2.05, 4.69) is 17.1 Å². The van der Waals surface area contributed by atoms with Crippen molar-refractivity contribution < 1.29 is 0 Å². The molecule has 0 spiro atoms. The Balaban J connectivity index is 2.17. The highest BCUT2D eigenvalue weighted by molar-refractivity contribution is 5.89. The average molecular weight is 135 g/mol. The minimum Gasteiger partial charge on any atom is -0.294 e. The molecular formula is C9H13N. The third-order valence-corrected chi connectivity index (χ3v) is 2.41. The van der Waals surface area contributed by atoms with Gasteiger partial charge in [-0.3, -0.25) is 4.99 Å². The van der Waals surface area contributed by atoms with Crippen LogP contribution in [-0.4, -0.2) is 12.3 Å². The van der Waals surface area contributed by atoms with Gasteiger partial charge >= 0.3 is 0 Å². The van der Waals surface area contributed by atoms with Gasteiger partial charge in [-0.25, -0.2) is 0 Å². The van der Waals surface area contributed by atoms with Gasteiger partial charge in [0.05, 0.1) is 0 Å². The van der Waals surface area contributed by atoms with E-state index in [1.165, 1.54) is 25.0 Å². The number of allylic oxidation sites excluding steroid dienone is 2. The summed E-state index contributed by atoms with van der Waals surface area (Å²) in [7, 11) is 0. The van der Waals surface area contributed by atoms with E-state index in [1.807, 2.05) is 0 Å². The fraction of sp³-hybridized carbons (Fsp3) is 0.667. The van der Waals surface area contributed by atoms with Gasteiger partial charge in [0.1, 0.15) is 0 Å². The lowest BCUT2D eigenvalue weighted by atomic mass is 9.86. The standard InChI is InChI=1S/C9H13N/c1-2-6-9-8(4-1)5-3-7-10-9/h1-2,8H,3-7H2. The molecule has 1 heteroatoms. The molecule has 0 amide bonds. The molecule has 0 bridgehead atoms. The molecule has 0 N–H and O–H groups in total. The molecule has 0 saturated heterocycles. The predicted octanol–water partition coefficient (Wildman–Crippen LogP) is 2.19. The van der Waals surface area contributed by atoms with Crippen LogP contribution in [0.15, 0.2) is 17.1 Å². The van der Waals surface area contributed by atoms with Crippen LogP contribution in [0.1, 0.15) is 25.7 Å². The second kappa shape index (κ2) is 2.57. The maximum absolute atomic E-state index is 4.52. The Morgan fingerprint density at radius 3 is 3.30 bits per heavy atom. The van der Waals surface area contributed by atoms with E-state index in [-0.39, 0.29) is 0 Å². The minimum atomic E-state index is 0.818. The quantitative estimate of drug-likeness (QED) is 0.451. The number of hydrogen-bond acceptors (Lipinski definition) is 1. The molecule has 1 nitrogen and oxygen atoms in total. The molecule has 1 atom stereocenters. The van der Waals surface area contributed by atoms with Crippen LogP contribution >= 0.6 is 0 Å². The first kappa shape index (κ1) is 6.14. The fourth-order valence-electron chi connectivity index (χ4n) is 1.81. The molecule has 1 aliphatic heterocycles. The van der Waals surface area contributed by atoms with E-state index >= 15 is 0 Å². The molecule has 0 aromatic rings. The zero-order valence-electron chi connectivity index (χ0n) is 6.21. The molecule has 10 heavy (non-hydrogen) atoms. The summed E-state index contributed by atoms with van der Waals surface area (Å²) in [6.07, 6.45) is 9.62. The maximum Gasteiger partial charge on any atom is 0.0389 e. The number of hydrogen-bond donors (Lipinski definition) is 0. The Morgan fingerprint density at radius 1 is 1.40 bits per heavy atom. The van der Waals surface area contributed by atoms with Gasteiger partial charge in [-0.1, -0.05) is 12.2 Å². The molecule has 1 unspecified atom stereocenters. The van der Waals surface area contributed by atoms with Gasteiger partial charge in [-0.15, -0.1) is 0 Å². The molecule has 0 aromatic heterocycles. The molecule has 1 aliphatic carbocycles. The number of nitrogens with zero attached hydrogens (tertiary/aromatic N) is 1. The van der Waals surface area contributed by atoms with Gasteiger partial charge in [-0.05, 0) is 19.3 Å². The van der Waals surface area contributed by atoms with Crippen LogP contribution in [0.25, 0.3) is 0 Å². The maximum atomic E-state index is 4.52. The SMILES string of the molecule is C1=CCC2CCCN=C2C1. The molecule has 0 saturated carbocycles. The van der Waals surface area contributed by atoms with E-state index in [0.29, 0.717) is 0 Å². The summed E-state index contributed by atoms with van der Waals surface area (Å²) in [5, 5.41) is 0. The van der Waals surface area contributed by atoms with Crippen LogP contribution in [-0.2, 0) is 0 Å². The van der Waals surface area contributed by atoms with E-state index in [9.17, 15) is 0 Å². The Morgan fingerprint density at radius 2 is 2.40 bits per heavy atom. The normalized spacial score (nSPS) is 31.2.